The number of hydrogen-bond donors (Lipinski definition) is 1. The maximum absolute atomic E-state index is 12.3. The van der Waals surface area contributed by atoms with Crippen molar-refractivity contribution in [2.75, 3.05) is 18.5 Å². The molecule has 160 valence electrons. The SMILES string of the molecule is CCOc1ccc(/C=C/C(=O)Nc2nc(-c3ccc([N+](=O)[O-])cc3)cs2)cc1OCC. The summed E-state index contributed by atoms with van der Waals surface area (Å²) in [6.07, 6.45) is 3.09. The predicted octanol–water partition coefficient (Wildman–Crippen LogP) is 5.17. The largest absolute Gasteiger partial charge is 0.490 e. The molecule has 1 aromatic heterocycles. The Hall–Kier alpha value is -3.72. The number of carbonyl (C=O) groups excluding carboxylic acids is 1. The maximum Gasteiger partial charge on any atom is 0.269 e. The first-order valence-electron chi connectivity index (χ1n) is 9.59. The van der Waals surface area contributed by atoms with Crippen LogP contribution in [0.25, 0.3) is 17.3 Å². The Morgan fingerprint density at radius 3 is 2.52 bits per heavy atom. The van der Waals surface area contributed by atoms with E-state index in [1.807, 2.05) is 32.0 Å². The number of thiazole rings is 1. The van der Waals surface area contributed by atoms with Gasteiger partial charge in [0, 0.05) is 29.2 Å². The highest BCUT2D eigenvalue weighted by atomic mass is 32.1. The highest BCUT2D eigenvalue weighted by Gasteiger charge is 2.10. The molecule has 0 fully saturated rings. The molecule has 0 saturated heterocycles. The third-order valence-electron chi connectivity index (χ3n) is 4.10. The zero-order valence-electron chi connectivity index (χ0n) is 17.0. The number of nitro groups is 1. The summed E-state index contributed by atoms with van der Waals surface area (Å²) in [4.78, 5) is 26.9. The van der Waals surface area contributed by atoms with Crippen molar-refractivity contribution in [2.24, 2.45) is 0 Å². The van der Waals surface area contributed by atoms with E-state index in [1.54, 1.807) is 23.6 Å². The maximum atomic E-state index is 12.3. The Balaban J connectivity index is 1.65. The van der Waals surface area contributed by atoms with Gasteiger partial charge in [-0.15, -0.1) is 11.3 Å². The van der Waals surface area contributed by atoms with Crippen LogP contribution in [0.1, 0.15) is 19.4 Å². The standard InChI is InChI=1S/C22H21N3O5S/c1-3-29-19-11-5-15(13-20(19)30-4-2)6-12-21(26)24-22-23-18(14-31-22)16-7-9-17(10-8-16)25(27)28/h5-14H,3-4H2,1-2H3,(H,23,24,26)/b12-6+. The van der Waals surface area contributed by atoms with Crippen molar-refractivity contribution in [2.45, 2.75) is 13.8 Å². The highest BCUT2D eigenvalue weighted by Crippen LogP contribution is 2.29. The molecule has 0 aliphatic heterocycles. The lowest BCUT2D eigenvalue weighted by Crippen LogP contribution is -2.07. The molecular weight excluding hydrogens is 418 g/mol. The van der Waals surface area contributed by atoms with Gasteiger partial charge in [-0.3, -0.25) is 20.2 Å². The molecule has 8 nitrogen and oxygen atoms in total. The topological polar surface area (TPSA) is 104 Å². The van der Waals surface area contributed by atoms with Crippen molar-refractivity contribution in [3.63, 3.8) is 0 Å². The molecule has 1 heterocycles. The molecule has 9 heteroatoms. The molecule has 3 rings (SSSR count). The van der Waals surface area contributed by atoms with Crippen LogP contribution in [0.3, 0.4) is 0 Å². The van der Waals surface area contributed by atoms with E-state index < -0.39 is 4.92 Å². The minimum atomic E-state index is -0.454. The second-order valence-corrected chi connectivity index (χ2v) is 7.09. The van der Waals surface area contributed by atoms with Crippen molar-refractivity contribution in [1.29, 1.82) is 0 Å². The molecule has 0 aliphatic rings. The normalized spacial score (nSPS) is 10.8. The third kappa shape index (κ3) is 5.89. The quantitative estimate of drug-likeness (QED) is 0.280. The number of hydrogen-bond acceptors (Lipinski definition) is 7. The van der Waals surface area contributed by atoms with Crippen molar-refractivity contribution in [3.8, 4) is 22.8 Å². The molecule has 1 N–H and O–H groups in total. The molecule has 3 aromatic rings. The summed E-state index contributed by atoms with van der Waals surface area (Å²) in [5, 5.41) is 15.7. The van der Waals surface area contributed by atoms with Crippen molar-refractivity contribution in [1.82, 2.24) is 4.98 Å². The Labute approximate surface area is 183 Å². The summed E-state index contributed by atoms with van der Waals surface area (Å²) >= 11 is 1.27. The highest BCUT2D eigenvalue weighted by molar-refractivity contribution is 7.14. The van der Waals surface area contributed by atoms with E-state index in [4.69, 9.17) is 9.47 Å². The molecular formula is C22H21N3O5S. The van der Waals surface area contributed by atoms with Gasteiger partial charge in [-0.1, -0.05) is 6.07 Å². The van der Waals surface area contributed by atoms with Gasteiger partial charge in [0.1, 0.15) is 0 Å². The fraction of sp³-hybridized carbons (Fsp3) is 0.182. The van der Waals surface area contributed by atoms with Crippen LogP contribution in [-0.4, -0.2) is 29.0 Å². The number of nitrogens with zero attached hydrogens (tertiary/aromatic N) is 2. The van der Waals surface area contributed by atoms with Crippen molar-refractivity contribution < 1.29 is 19.2 Å². The molecule has 31 heavy (non-hydrogen) atoms. The monoisotopic (exact) mass is 439 g/mol. The summed E-state index contributed by atoms with van der Waals surface area (Å²) in [7, 11) is 0. The number of amides is 1. The van der Waals surface area contributed by atoms with Crippen LogP contribution in [0.2, 0.25) is 0 Å². The first kappa shape index (κ1) is 22.0. The van der Waals surface area contributed by atoms with Crippen LogP contribution >= 0.6 is 11.3 Å². The molecule has 0 spiro atoms. The summed E-state index contributed by atoms with van der Waals surface area (Å²) in [6.45, 7) is 4.84. The van der Waals surface area contributed by atoms with E-state index >= 15 is 0 Å². The summed E-state index contributed by atoms with van der Waals surface area (Å²) < 4.78 is 11.1. The molecule has 0 unspecified atom stereocenters. The fourth-order valence-electron chi connectivity index (χ4n) is 2.71. The van der Waals surface area contributed by atoms with Crippen LogP contribution in [-0.2, 0) is 4.79 Å². The number of nitro benzene ring substituents is 1. The second kappa shape index (κ2) is 10.4. The molecule has 0 radical (unpaired) electrons. The molecule has 0 atom stereocenters. The number of rotatable bonds is 9. The smallest absolute Gasteiger partial charge is 0.269 e. The number of aromatic nitrogens is 1. The average Bonchev–Trinajstić information content (AvgIpc) is 3.22. The van der Waals surface area contributed by atoms with Gasteiger partial charge in [0.2, 0.25) is 5.91 Å². The lowest BCUT2D eigenvalue weighted by Gasteiger charge is -2.11. The Bertz CT molecular complexity index is 1090. The second-order valence-electron chi connectivity index (χ2n) is 6.24. The van der Waals surface area contributed by atoms with Crippen molar-refractivity contribution in [3.05, 3.63) is 69.6 Å². The van der Waals surface area contributed by atoms with Crippen LogP contribution in [0.15, 0.2) is 53.9 Å². The zero-order chi connectivity index (χ0) is 22.2. The molecule has 2 aromatic carbocycles. The minimum absolute atomic E-state index is 0.0134. The number of nitrogens with one attached hydrogen (secondary N) is 1. The first-order chi connectivity index (χ1) is 15.0. The summed E-state index contributed by atoms with van der Waals surface area (Å²) in [5.74, 6) is 0.962. The molecule has 1 amide bonds. The van der Waals surface area contributed by atoms with Gasteiger partial charge in [0.25, 0.3) is 5.69 Å². The molecule has 0 bridgehead atoms. The van der Waals surface area contributed by atoms with Crippen LogP contribution in [0, 0.1) is 10.1 Å². The number of anilines is 1. The number of ether oxygens (including phenoxy) is 2. The van der Waals surface area contributed by atoms with Crippen molar-refractivity contribution >= 4 is 34.1 Å². The average molecular weight is 439 g/mol. The van der Waals surface area contributed by atoms with E-state index in [1.165, 1.54) is 29.5 Å². The van der Waals surface area contributed by atoms with Gasteiger partial charge >= 0.3 is 0 Å². The number of benzene rings is 2. The van der Waals surface area contributed by atoms with Crippen LogP contribution < -0.4 is 14.8 Å². The van der Waals surface area contributed by atoms with Gasteiger partial charge in [-0.2, -0.15) is 0 Å². The number of non-ortho nitro benzene ring substituents is 1. The zero-order valence-corrected chi connectivity index (χ0v) is 17.8. The van der Waals surface area contributed by atoms with Crippen LogP contribution in [0.4, 0.5) is 10.8 Å². The van der Waals surface area contributed by atoms with Gasteiger partial charge in [-0.25, -0.2) is 4.98 Å². The van der Waals surface area contributed by atoms with E-state index in [0.29, 0.717) is 35.5 Å². The summed E-state index contributed by atoms with van der Waals surface area (Å²) in [6, 6.07) is 11.6. The molecule has 0 aliphatic carbocycles. The molecule has 0 saturated carbocycles. The lowest BCUT2D eigenvalue weighted by atomic mass is 10.1. The Morgan fingerprint density at radius 1 is 1.13 bits per heavy atom. The Morgan fingerprint density at radius 2 is 1.84 bits per heavy atom. The van der Waals surface area contributed by atoms with Gasteiger partial charge in [0.05, 0.1) is 23.8 Å². The van der Waals surface area contributed by atoms with Gasteiger partial charge < -0.3 is 9.47 Å². The predicted molar refractivity (Wildman–Crippen MR) is 121 cm³/mol. The first-order valence-corrected chi connectivity index (χ1v) is 10.5. The minimum Gasteiger partial charge on any atom is -0.490 e. The van der Waals surface area contributed by atoms with Gasteiger partial charge in [-0.05, 0) is 49.8 Å². The Kier molecular flexibility index (Phi) is 7.34. The van der Waals surface area contributed by atoms with E-state index in [-0.39, 0.29) is 11.6 Å². The lowest BCUT2D eigenvalue weighted by molar-refractivity contribution is -0.384. The third-order valence-corrected chi connectivity index (χ3v) is 4.86. The van der Waals surface area contributed by atoms with E-state index in [9.17, 15) is 14.9 Å². The van der Waals surface area contributed by atoms with E-state index in [0.717, 1.165) is 11.1 Å². The van der Waals surface area contributed by atoms with Gasteiger partial charge in [0.15, 0.2) is 16.6 Å². The van der Waals surface area contributed by atoms with Crippen LogP contribution in [0.5, 0.6) is 11.5 Å². The summed E-state index contributed by atoms with van der Waals surface area (Å²) in [5.41, 5.74) is 2.18. The number of carbonyl (C=O) groups is 1. The van der Waals surface area contributed by atoms with E-state index in [2.05, 4.69) is 10.3 Å². The fourth-order valence-corrected chi connectivity index (χ4v) is 3.43.